The molecule has 82 valence electrons. The summed E-state index contributed by atoms with van der Waals surface area (Å²) < 4.78 is 27.2. The highest BCUT2D eigenvalue weighted by atomic mass is 32.2. The third-order valence-corrected chi connectivity index (χ3v) is 4.43. The second kappa shape index (κ2) is 4.35. The summed E-state index contributed by atoms with van der Waals surface area (Å²) in [6.07, 6.45) is 1.99. The summed E-state index contributed by atoms with van der Waals surface area (Å²) in [7, 11) is 0. The van der Waals surface area contributed by atoms with Crippen molar-refractivity contribution in [3.05, 3.63) is 0 Å². The summed E-state index contributed by atoms with van der Waals surface area (Å²) in [6.45, 7) is 0.993. The Labute approximate surface area is 88.0 Å². The second-order valence-corrected chi connectivity index (χ2v) is 5.50. The number of nitrogens with one attached hydrogen (secondary N) is 1. The van der Waals surface area contributed by atoms with Gasteiger partial charge in [0.05, 0.1) is 0 Å². The van der Waals surface area contributed by atoms with Crippen LogP contribution in [-0.2, 0) is 0 Å². The molecule has 0 spiro atoms. The molecule has 14 heavy (non-hydrogen) atoms. The lowest BCUT2D eigenvalue weighted by atomic mass is 9.80. The van der Waals surface area contributed by atoms with Crippen molar-refractivity contribution < 1.29 is 8.78 Å². The minimum absolute atomic E-state index is 0.0291. The van der Waals surface area contributed by atoms with E-state index in [0.717, 1.165) is 24.3 Å². The number of piperidine rings is 1. The average molecular weight is 221 g/mol. The lowest BCUT2D eigenvalue weighted by Gasteiger charge is -2.38. The lowest BCUT2D eigenvalue weighted by Crippen LogP contribution is -2.48. The van der Waals surface area contributed by atoms with Gasteiger partial charge in [-0.3, -0.25) is 0 Å². The van der Waals surface area contributed by atoms with E-state index in [9.17, 15) is 8.78 Å². The van der Waals surface area contributed by atoms with Gasteiger partial charge >= 0.3 is 0 Å². The van der Waals surface area contributed by atoms with Crippen LogP contribution in [0.2, 0.25) is 0 Å². The van der Waals surface area contributed by atoms with E-state index in [1.807, 2.05) is 11.8 Å². The molecule has 2 heterocycles. The SMILES string of the molecule is FC1(F)CCNCC1C1CCSCC1. The zero-order chi connectivity index (χ0) is 10.0. The highest BCUT2D eigenvalue weighted by Gasteiger charge is 2.45. The third kappa shape index (κ3) is 2.22. The number of thioether (sulfide) groups is 1. The van der Waals surface area contributed by atoms with Gasteiger partial charge in [0.15, 0.2) is 0 Å². The van der Waals surface area contributed by atoms with E-state index in [1.54, 1.807) is 0 Å². The Kier molecular flexibility index (Phi) is 3.32. The molecule has 0 bridgehead atoms. The van der Waals surface area contributed by atoms with E-state index >= 15 is 0 Å². The van der Waals surface area contributed by atoms with Crippen molar-refractivity contribution in [1.29, 1.82) is 0 Å². The van der Waals surface area contributed by atoms with Crippen LogP contribution in [0.5, 0.6) is 0 Å². The van der Waals surface area contributed by atoms with Crippen molar-refractivity contribution in [2.45, 2.75) is 25.2 Å². The highest BCUT2D eigenvalue weighted by molar-refractivity contribution is 7.99. The zero-order valence-electron chi connectivity index (χ0n) is 8.27. The molecule has 2 saturated heterocycles. The molecule has 1 N–H and O–H groups in total. The van der Waals surface area contributed by atoms with Crippen molar-refractivity contribution in [3.63, 3.8) is 0 Å². The first-order valence-electron chi connectivity index (χ1n) is 5.36. The predicted molar refractivity (Wildman–Crippen MR) is 56.0 cm³/mol. The van der Waals surface area contributed by atoms with E-state index in [-0.39, 0.29) is 12.3 Å². The molecule has 0 aliphatic carbocycles. The van der Waals surface area contributed by atoms with Crippen LogP contribution in [-0.4, -0.2) is 30.5 Å². The summed E-state index contributed by atoms with van der Waals surface area (Å²) in [5.41, 5.74) is 0. The molecule has 2 fully saturated rings. The molecule has 0 saturated carbocycles. The van der Waals surface area contributed by atoms with Crippen LogP contribution in [0.3, 0.4) is 0 Å². The van der Waals surface area contributed by atoms with Crippen LogP contribution in [0.25, 0.3) is 0 Å². The predicted octanol–water partition coefficient (Wildman–Crippen LogP) is 2.37. The largest absolute Gasteiger partial charge is 0.316 e. The zero-order valence-corrected chi connectivity index (χ0v) is 9.09. The van der Waals surface area contributed by atoms with Crippen molar-refractivity contribution >= 4 is 11.8 Å². The van der Waals surface area contributed by atoms with Crippen LogP contribution < -0.4 is 5.32 Å². The Morgan fingerprint density at radius 3 is 2.57 bits per heavy atom. The summed E-state index contributed by atoms with van der Waals surface area (Å²) >= 11 is 1.90. The number of halogens is 2. The van der Waals surface area contributed by atoms with Gasteiger partial charge in [0.2, 0.25) is 0 Å². The molecule has 2 aliphatic rings. The maximum Gasteiger partial charge on any atom is 0.253 e. The Morgan fingerprint density at radius 2 is 1.93 bits per heavy atom. The Hall–Kier alpha value is 0.170. The van der Waals surface area contributed by atoms with Crippen LogP contribution >= 0.6 is 11.8 Å². The molecule has 0 aromatic rings. The summed E-state index contributed by atoms with van der Waals surface area (Å²) in [5.74, 6) is -0.442. The standard InChI is InChI=1S/C10H17F2NS/c11-10(12)3-4-13-7-9(10)8-1-5-14-6-2-8/h8-9,13H,1-7H2. The molecule has 2 rings (SSSR count). The molecule has 1 unspecified atom stereocenters. The van der Waals surface area contributed by atoms with E-state index in [1.165, 1.54) is 0 Å². The highest BCUT2D eigenvalue weighted by Crippen LogP contribution is 2.40. The summed E-state index contributed by atoms with van der Waals surface area (Å²) in [6, 6.07) is 0. The average Bonchev–Trinajstić information content (AvgIpc) is 2.18. The molecule has 0 aromatic heterocycles. The maximum atomic E-state index is 13.6. The van der Waals surface area contributed by atoms with Crippen molar-refractivity contribution in [1.82, 2.24) is 5.32 Å². The van der Waals surface area contributed by atoms with Gasteiger partial charge in [0.25, 0.3) is 5.92 Å². The van der Waals surface area contributed by atoms with Gasteiger partial charge in [0, 0.05) is 25.4 Å². The Morgan fingerprint density at radius 1 is 1.21 bits per heavy atom. The fraction of sp³-hybridized carbons (Fsp3) is 1.00. The van der Waals surface area contributed by atoms with E-state index in [0.29, 0.717) is 13.1 Å². The summed E-state index contributed by atoms with van der Waals surface area (Å²) in [5, 5.41) is 3.10. The van der Waals surface area contributed by atoms with Crippen molar-refractivity contribution in [2.24, 2.45) is 11.8 Å². The fourth-order valence-corrected chi connectivity index (χ4v) is 3.62. The second-order valence-electron chi connectivity index (χ2n) is 4.27. The molecule has 2 aliphatic heterocycles. The lowest BCUT2D eigenvalue weighted by molar-refractivity contribution is -0.0999. The van der Waals surface area contributed by atoms with Gasteiger partial charge in [0.1, 0.15) is 0 Å². The minimum atomic E-state index is -2.42. The quantitative estimate of drug-likeness (QED) is 0.729. The molecule has 4 heteroatoms. The third-order valence-electron chi connectivity index (χ3n) is 3.38. The molecular formula is C10H17F2NS. The van der Waals surface area contributed by atoms with Gasteiger partial charge in [-0.05, 0) is 30.3 Å². The number of alkyl halides is 2. The number of hydrogen-bond donors (Lipinski definition) is 1. The van der Waals surface area contributed by atoms with Gasteiger partial charge in [-0.15, -0.1) is 0 Å². The van der Waals surface area contributed by atoms with Crippen LogP contribution in [0.15, 0.2) is 0 Å². The first kappa shape index (κ1) is 10.7. The van der Waals surface area contributed by atoms with Crippen LogP contribution in [0.4, 0.5) is 8.78 Å². The van der Waals surface area contributed by atoms with E-state index in [2.05, 4.69) is 5.32 Å². The van der Waals surface area contributed by atoms with Crippen molar-refractivity contribution in [2.75, 3.05) is 24.6 Å². The van der Waals surface area contributed by atoms with Crippen LogP contribution in [0, 0.1) is 11.8 Å². The van der Waals surface area contributed by atoms with Crippen LogP contribution in [0.1, 0.15) is 19.3 Å². The smallest absolute Gasteiger partial charge is 0.253 e. The van der Waals surface area contributed by atoms with Gasteiger partial charge in [-0.2, -0.15) is 11.8 Å². The summed E-state index contributed by atoms with van der Waals surface area (Å²) in [4.78, 5) is 0. The molecule has 0 radical (unpaired) electrons. The molecule has 0 amide bonds. The molecule has 1 nitrogen and oxygen atoms in total. The first-order valence-corrected chi connectivity index (χ1v) is 6.52. The molecule has 0 aromatic carbocycles. The first-order chi connectivity index (χ1) is 6.70. The van der Waals surface area contributed by atoms with Gasteiger partial charge < -0.3 is 5.32 Å². The molecular weight excluding hydrogens is 204 g/mol. The number of hydrogen-bond acceptors (Lipinski definition) is 2. The van der Waals surface area contributed by atoms with Gasteiger partial charge in [-0.1, -0.05) is 0 Å². The Balaban J connectivity index is 1.99. The van der Waals surface area contributed by atoms with E-state index < -0.39 is 11.8 Å². The monoisotopic (exact) mass is 221 g/mol. The topological polar surface area (TPSA) is 12.0 Å². The minimum Gasteiger partial charge on any atom is -0.316 e. The normalized spacial score (nSPS) is 34.3. The van der Waals surface area contributed by atoms with Crippen molar-refractivity contribution in [3.8, 4) is 0 Å². The Bertz CT molecular complexity index is 193. The molecule has 1 atom stereocenters. The maximum absolute atomic E-state index is 13.6. The van der Waals surface area contributed by atoms with Gasteiger partial charge in [-0.25, -0.2) is 8.78 Å². The fourth-order valence-electron chi connectivity index (χ4n) is 2.48. The number of rotatable bonds is 1. The van der Waals surface area contributed by atoms with E-state index in [4.69, 9.17) is 0 Å².